The van der Waals surface area contributed by atoms with Crippen molar-refractivity contribution in [1.82, 2.24) is 5.48 Å². The summed E-state index contributed by atoms with van der Waals surface area (Å²) >= 11 is 0. The Labute approximate surface area is 110 Å². The highest BCUT2D eigenvalue weighted by Crippen LogP contribution is 2.11. The van der Waals surface area contributed by atoms with Crippen LogP contribution in [-0.4, -0.2) is 28.2 Å². The van der Waals surface area contributed by atoms with Crippen molar-refractivity contribution >= 4 is 11.9 Å². The molecule has 6 nitrogen and oxygen atoms in total. The zero-order valence-electron chi connectivity index (χ0n) is 10.4. The van der Waals surface area contributed by atoms with E-state index in [1.165, 1.54) is 19.1 Å². The summed E-state index contributed by atoms with van der Waals surface area (Å²) in [5.74, 6) is -1.77. The van der Waals surface area contributed by atoms with E-state index in [1.54, 1.807) is 12.1 Å². The van der Waals surface area contributed by atoms with Crippen LogP contribution >= 0.6 is 0 Å². The number of aromatic hydroxyl groups is 1. The van der Waals surface area contributed by atoms with Gasteiger partial charge in [0.2, 0.25) is 0 Å². The minimum absolute atomic E-state index is 0.0947. The summed E-state index contributed by atoms with van der Waals surface area (Å²) in [6, 6.07) is 5.01. The number of carboxylic acid groups (broad SMARTS) is 1. The number of aliphatic carboxylic acids is 1. The van der Waals surface area contributed by atoms with Crippen LogP contribution in [-0.2, 0) is 20.8 Å². The molecule has 0 amide bonds. The van der Waals surface area contributed by atoms with Crippen molar-refractivity contribution in [2.45, 2.75) is 19.4 Å². The van der Waals surface area contributed by atoms with Crippen LogP contribution in [0.15, 0.2) is 36.4 Å². The fraction of sp³-hybridized carbons (Fsp3) is 0.231. The Morgan fingerprint density at radius 3 is 2.42 bits per heavy atom. The van der Waals surface area contributed by atoms with Gasteiger partial charge in [0, 0.05) is 12.0 Å². The Morgan fingerprint density at radius 2 is 1.95 bits per heavy atom. The van der Waals surface area contributed by atoms with Crippen molar-refractivity contribution in [3.05, 3.63) is 42.0 Å². The Kier molecular flexibility index (Phi) is 5.08. The highest BCUT2D eigenvalue weighted by atomic mass is 16.7. The summed E-state index contributed by atoms with van der Waals surface area (Å²) in [4.78, 5) is 26.8. The average Bonchev–Trinajstić information content (AvgIpc) is 2.35. The number of hydrogen-bond acceptors (Lipinski definition) is 5. The third kappa shape index (κ3) is 4.81. The molecule has 0 bridgehead atoms. The molecular weight excluding hydrogens is 250 g/mol. The second-order valence-electron chi connectivity index (χ2n) is 4.05. The molecule has 0 spiro atoms. The number of phenolic OH excluding ortho intramolecular Hbond substituents is 1. The second-order valence-corrected chi connectivity index (χ2v) is 4.05. The fourth-order valence-corrected chi connectivity index (χ4v) is 1.26. The molecule has 102 valence electrons. The van der Waals surface area contributed by atoms with Gasteiger partial charge in [-0.3, -0.25) is 4.79 Å². The van der Waals surface area contributed by atoms with Crippen LogP contribution in [0.3, 0.4) is 0 Å². The lowest BCUT2D eigenvalue weighted by atomic mass is 10.1. The van der Waals surface area contributed by atoms with E-state index in [0.29, 0.717) is 5.56 Å². The van der Waals surface area contributed by atoms with Crippen molar-refractivity contribution in [2.24, 2.45) is 0 Å². The third-order valence-corrected chi connectivity index (χ3v) is 2.32. The SMILES string of the molecule is C=C(C)C(=O)ONC(Cc1ccc(O)cc1)C(=O)O. The highest BCUT2D eigenvalue weighted by Gasteiger charge is 2.20. The van der Waals surface area contributed by atoms with E-state index < -0.39 is 18.0 Å². The first-order chi connectivity index (χ1) is 8.90. The number of rotatable bonds is 6. The number of hydroxylamine groups is 1. The van der Waals surface area contributed by atoms with Crippen LogP contribution in [0.4, 0.5) is 0 Å². The van der Waals surface area contributed by atoms with Gasteiger partial charge in [-0.05, 0) is 24.6 Å². The van der Waals surface area contributed by atoms with Crippen LogP contribution in [0.1, 0.15) is 12.5 Å². The number of phenols is 1. The molecular formula is C13H15NO5. The molecule has 0 heterocycles. The van der Waals surface area contributed by atoms with Crippen molar-refractivity contribution in [3.63, 3.8) is 0 Å². The summed E-state index contributed by atoms with van der Waals surface area (Å²) in [6.07, 6.45) is 0.110. The van der Waals surface area contributed by atoms with E-state index in [4.69, 9.17) is 10.2 Å². The Morgan fingerprint density at radius 1 is 1.37 bits per heavy atom. The summed E-state index contributed by atoms with van der Waals surface area (Å²) in [5, 5.41) is 18.1. The molecule has 1 rings (SSSR count). The van der Waals surface area contributed by atoms with Crippen molar-refractivity contribution < 1.29 is 24.6 Å². The van der Waals surface area contributed by atoms with Gasteiger partial charge in [0.05, 0.1) is 0 Å². The maximum atomic E-state index is 11.2. The van der Waals surface area contributed by atoms with Gasteiger partial charge in [-0.25, -0.2) is 4.79 Å². The topological polar surface area (TPSA) is 95.9 Å². The van der Waals surface area contributed by atoms with Gasteiger partial charge in [-0.2, -0.15) is 0 Å². The lowest BCUT2D eigenvalue weighted by molar-refractivity contribution is -0.154. The normalized spacial score (nSPS) is 11.6. The summed E-state index contributed by atoms with van der Waals surface area (Å²) in [6.45, 7) is 4.84. The first-order valence-electron chi connectivity index (χ1n) is 5.53. The Hall–Kier alpha value is -2.34. The third-order valence-electron chi connectivity index (χ3n) is 2.32. The molecule has 19 heavy (non-hydrogen) atoms. The molecule has 0 aliphatic heterocycles. The van der Waals surface area contributed by atoms with E-state index in [2.05, 4.69) is 16.9 Å². The average molecular weight is 265 g/mol. The van der Waals surface area contributed by atoms with Gasteiger partial charge in [-0.15, -0.1) is 5.48 Å². The van der Waals surface area contributed by atoms with Gasteiger partial charge >= 0.3 is 11.9 Å². The molecule has 1 atom stereocenters. The highest BCUT2D eigenvalue weighted by molar-refractivity contribution is 5.87. The maximum absolute atomic E-state index is 11.2. The minimum Gasteiger partial charge on any atom is -0.508 e. The van der Waals surface area contributed by atoms with Crippen molar-refractivity contribution in [2.75, 3.05) is 0 Å². The van der Waals surface area contributed by atoms with Crippen LogP contribution in [0, 0.1) is 0 Å². The summed E-state index contributed by atoms with van der Waals surface area (Å²) in [5.41, 5.74) is 3.04. The van der Waals surface area contributed by atoms with E-state index in [-0.39, 0.29) is 17.7 Å². The van der Waals surface area contributed by atoms with Crippen molar-refractivity contribution in [1.29, 1.82) is 0 Å². The number of benzene rings is 1. The number of carbonyl (C=O) groups excluding carboxylic acids is 1. The molecule has 1 unspecified atom stereocenters. The number of carboxylic acids is 1. The van der Waals surface area contributed by atoms with Gasteiger partial charge < -0.3 is 15.1 Å². The zero-order valence-corrected chi connectivity index (χ0v) is 10.4. The lowest BCUT2D eigenvalue weighted by Crippen LogP contribution is -2.40. The fourth-order valence-electron chi connectivity index (χ4n) is 1.26. The Bertz CT molecular complexity index is 480. The quantitative estimate of drug-likeness (QED) is 0.525. The monoisotopic (exact) mass is 265 g/mol. The smallest absolute Gasteiger partial charge is 0.351 e. The summed E-state index contributed by atoms with van der Waals surface area (Å²) in [7, 11) is 0. The van der Waals surface area contributed by atoms with Gasteiger partial charge in [-0.1, -0.05) is 18.7 Å². The van der Waals surface area contributed by atoms with Gasteiger partial charge in [0.25, 0.3) is 0 Å². The first-order valence-corrected chi connectivity index (χ1v) is 5.53. The predicted molar refractivity (Wildman–Crippen MR) is 67.3 cm³/mol. The van der Waals surface area contributed by atoms with Crippen LogP contribution in [0.2, 0.25) is 0 Å². The van der Waals surface area contributed by atoms with Crippen LogP contribution < -0.4 is 5.48 Å². The van der Waals surface area contributed by atoms with Crippen molar-refractivity contribution in [3.8, 4) is 5.75 Å². The predicted octanol–water partition coefficient (Wildman–Crippen LogP) is 1.01. The zero-order chi connectivity index (χ0) is 14.4. The lowest BCUT2D eigenvalue weighted by Gasteiger charge is -2.14. The molecule has 0 aromatic heterocycles. The largest absolute Gasteiger partial charge is 0.508 e. The minimum atomic E-state index is -1.15. The van der Waals surface area contributed by atoms with E-state index in [0.717, 1.165) is 0 Å². The number of carbonyl (C=O) groups is 2. The summed E-state index contributed by atoms with van der Waals surface area (Å²) < 4.78 is 0. The molecule has 0 aliphatic carbocycles. The standard InChI is InChI=1S/C13H15NO5/c1-8(2)13(18)19-14-11(12(16)17)7-9-3-5-10(15)6-4-9/h3-6,11,14-15H,1,7H2,2H3,(H,16,17). The molecule has 1 aromatic carbocycles. The number of hydrogen-bond donors (Lipinski definition) is 3. The molecule has 0 fully saturated rings. The van der Waals surface area contributed by atoms with Gasteiger partial charge in [0.1, 0.15) is 11.8 Å². The molecule has 0 saturated carbocycles. The van der Waals surface area contributed by atoms with Crippen LogP contribution in [0.5, 0.6) is 5.75 Å². The molecule has 6 heteroatoms. The molecule has 3 N–H and O–H groups in total. The maximum Gasteiger partial charge on any atom is 0.351 e. The van der Waals surface area contributed by atoms with E-state index in [1.807, 2.05) is 0 Å². The molecule has 0 saturated heterocycles. The molecule has 0 radical (unpaired) electrons. The van der Waals surface area contributed by atoms with E-state index >= 15 is 0 Å². The van der Waals surface area contributed by atoms with Crippen LogP contribution in [0.25, 0.3) is 0 Å². The van der Waals surface area contributed by atoms with Gasteiger partial charge in [0.15, 0.2) is 0 Å². The Balaban J connectivity index is 2.63. The van der Waals surface area contributed by atoms with E-state index in [9.17, 15) is 9.59 Å². The molecule has 1 aromatic rings. The molecule has 0 aliphatic rings. The first kappa shape index (κ1) is 14.7. The second kappa shape index (κ2) is 6.55. The number of nitrogens with one attached hydrogen (secondary N) is 1.